The Hall–Kier alpha value is -3.61. The van der Waals surface area contributed by atoms with E-state index in [1.54, 1.807) is 7.05 Å². The number of nitrogens with one attached hydrogen (secondary N) is 3. The minimum absolute atomic E-state index is 0.636. The lowest BCUT2D eigenvalue weighted by Crippen LogP contribution is -2.39. The summed E-state index contributed by atoms with van der Waals surface area (Å²) in [6, 6.07) is 18.3. The third-order valence-corrected chi connectivity index (χ3v) is 4.76. The van der Waals surface area contributed by atoms with Gasteiger partial charge in [-0.15, -0.1) is 0 Å². The number of benzene rings is 2. The number of aromatic nitrogens is 4. The fourth-order valence-corrected chi connectivity index (χ4v) is 3.31. The number of hydrogen-bond donors (Lipinski definition) is 3. The van der Waals surface area contributed by atoms with Crippen LogP contribution in [-0.4, -0.2) is 51.4 Å². The predicted molar refractivity (Wildman–Crippen MR) is 117 cm³/mol. The van der Waals surface area contributed by atoms with Crippen molar-refractivity contribution in [3.8, 4) is 11.3 Å². The molecule has 2 heterocycles. The summed E-state index contributed by atoms with van der Waals surface area (Å²) in [5.41, 5.74) is 4.20. The lowest BCUT2D eigenvalue weighted by molar-refractivity contribution is 0.464. The van der Waals surface area contributed by atoms with Crippen LogP contribution in [0.1, 0.15) is 11.6 Å². The van der Waals surface area contributed by atoms with Crippen molar-refractivity contribution in [1.29, 1.82) is 0 Å². The van der Waals surface area contributed by atoms with Crippen LogP contribution in [0.4, 0.5) is 0 Å². The minimum Gasteiger partial charge on any atom is -0.356 e. The summed E-state index contributed by atoms with van der Waals surface area (Å²) < 4.78 is 0. The molecule has 2 aromatic heterocycles. The average Bonchev–Trinajstić information content (AvgIpc) is 3.38. The second kappa shape index (κ2) is 8.60. The Kier molecular flexibility index (Phi) is 5.56. The lowest BCUT2D eigenvalue weighted by atomic mass is 10.2. The quantitative estimate of drug-likeness (QED) is 0.350. The van der Waals surface area contributed by atoms with E-state index >= 15 is 0 Å². The smallest absolute Gasteiger partial charge is 0.193 e. The lowest BCUT2D eigenvalue weighted by Gasteiger charge is -2.20. The SMILES string of the molecule is CN=C(NCCc1nc2ccccc2[nH]1)N(C)Cc1ncc(-c2ccccc2)[nH]1. The molecule has 29 heavy (non-hydrogen) atoms. The highest BCUT2D eigenvalue weighted by atomic mass is 15.3. The molecule has 0 aliphatic rings. The van der Waals surface area contributed by atoms with E-state index < -0.39 is 0 Å². The van der Waals surface area contributed by atoms with Gasteiger partial charge in [-0.25, -0.2) is 9.97 Å². The van der Waals surface area contributed by atoms with Gasteiger partial charge in [0, 0.05) is 27.1 Å². The van der Waals surface area contributed by atoms with Crippen LogP contribution in [0.2, 0.25) is 0 Å². The monoisotopic (exact) mass is 387 g/mol. The van der Waals surface area contributed by atoms with Gasteiger partial charge in [-0.05, 0) is 17.7 Å². The van der Waals surface area contributed by atoms with Crippen LogP contribution in [0.15, 0.2) is 65.8 Å². The van der Waals surface area contributed by atoms with Crippen LogP contribution in [0.5, 0.6) is 0 Å². The molecule has 0 saturated heterocycles. The summed E-state index contributed by atoms with van der Waals surface area (Å²) in [6.45, 7) is 1.38. The van der Waals surface area contributed by atoms with Gasteiger partial charge in [-0.3, -0.25) is 4.99 Å². The second-order valence-electron chi connectivity index (χ2n) is 6.89. The van der Waals surface area contributed by atoms with Gasteiger partial charge in [-0.1, -0.05) is 42.5 Å². The Morgan fingerprint density at radius 2 is 1.83 bits per heavy atom. The van der Waals surface area contributed by atoms with Gasteiger partial charge in [-0.2, -0.15) is 0 Å². The average molecular weight is 387 g/mol. The van der Waals surface area contributed by atoms with Crippen molar-refractivity contribution in [3.63, 3.8) is 0 Å². The van der Waals surface area contributed by atoms with E-state index in [4.69, 9.17) is 0 Å². The van der Waals surface area contributed by atoms with Crippen LogP contribution in [0, 0.1) is 0 Å². The van der Waals surface area contributed by atoms with Crippen molar-refractivity contribution in [2.75, 3.05) is 20.6 Å². The van der Waals surface area contributed by atoms with E-state index in [1.807, 2.05) is 60.6 Å². The molecule has 0 unspecified atom stereocenters. The first-order chi connectivity index (χ1) is 14.2. The standard InChI is InChI=1S/C22H25N7/c1-23-22(24-13-12-20-26-17-10-6-7-11-18(17)27-20)29(2)15-21-25-14-19(28-21)16-8-4-3-5-9-16/h3-11,14H,12-13,15H2,1-2H3,(H,23,24)(H,25,28)(H,26,27). The maximum Gasteiger partial charge on any atom is 0.193 e. The Labute approximate surface area is 169 Å². The topological polar surface area (TPSA) is 85.0 Å². The van der Waals surface area contributed by atoms with Crippen LogP contribution in [-0.2, 0) is 13.0 Å². The second-order valence-corrected chi connectivity index (χ2v) is 6.89. The van der Waals surface area contributed by atoms with Gasteiger partial charge in [0.15, 0.2) is 5.96 Å². The fraction of sp³-hybridized carbons (Fsp3) is 0.227. The number of rotatable bonds is 6. The summed E-state index contributed by atoms with van der Waals surface area (Å²) >= 11 is 0. The number of aliphatic imine (C=N–C) groups is 1. The first-order valence-corrected chi connectivity index (χ1v) is 9.67. The van der Waals surface area contributed by atoms with Crippen molar-refractivity contribution in [1.82, 2.24) is 30.2 Å². The zero-order valence-electron chi connectivity index (χ0n) is 16.7. The minimum atomic E-state index is 0.636. The zero-order chi connectivity index (χ0) is 20.1. The van der Waals surface area contributed by atoms with E-state index in [0.29, 0.717) is 6.54 Å². The molecule has 0 saturated carbocycles. The maximum absolute atomic E-state index is 4.62. The molecule has 0 radical (unpaired) electrons. The maximum atomic E-state index is 4.62. The number of H-pyrrole nitrogens is 2. The molecule has 0 aliphatic carbocycles. The van der Waals surface area contributed by atoms with E-state index in [-0.39, 0.29) is 0 Å². The molecule has 3 N–H and O–H groups in total. The number of nitrogens with zero attached hydrogens (tertiary/aromatic N) is 4. The van der Waals surface area contributed by atoms with Crippen LogP contribution >= 0.6 is 0 Å². The first-order valence-electron chi connectivity index (χ1n) is 9.67. The van der Waals surface area contributed by atoms with Gasteiger partial charge in [0.2, 0.25) is 0 Å². The van der Waals surface area contributed by atoms with Crippen molar-refractivity contribution >= 4 is 17.0 Å². The fourth-order valence-electron chi connectivity index (χ4n) is 3.31. The van der Waals surface area contributed by atoms with Crippen LogP contribution in [0.25, 0.3) is 22.3 Å². The zero-order valence-corrected chi connectivity index (χ0v) is 16.7. The molecule has 0 fully saturated rings. The Balaban J connectivity index is 1.32. The number of imidazole rings is 2. The summed E-state index contributed by atoms with van der Waals surface area (Å²) in [7, 11) is 3.79. The molecule has 0 aliphatic heterocycles. The molecule has 0 bridgehead atoms. The molecule has 0 spiro atoms. The number of aromatic amines is 2. The third kappa shape index (κ3) is 4.45. The van der Waals surface area contributed by atoms with E-state index in [1.165, 1.54) is 0 Å². The summed E-state index contributed by atoms with van der Waals surface area (Å²) in [5, 5.41) is 3.40. The molecule has 4 rings (SSSR count). The first kappa shape index (κ1) is 18.7. The molecule has 2 aromatic carbocycles. The van der Waals surface area contributed by atoms with Gasteiger partial charge in [0.1, 0.15) is 11.6 Å². The molecule has 7 nitrogen and oxygen atoms in total. The third-order valence-electron chi connectivity index (χ3n) is 4.76. The van der Waals surface area contributed by atoms with Crippen molar-refractivity contribution in [2.45, 2.75) is 13.0 Å². The van der Waals surface area contributed by atoms with Gasteiger partial charge < -0.3 is 20.2 Å². The molecular weight excluding hydrogens is 362 g/mol. The van der Waals surface area contributed by atoms with E-state index in [0.717, 1.165) is 52.9 Å². The molecule has 7 heteroatoms. The van der Waals surface area contributed by atoms with Crippen molar-refractivity contribution < 1.29 is 0 Å². The Morgan fingerprint density at radius 1 is 1.03 bits per heavy atom. The van der Waals surface area contributed by atoms with Crippen molar-refractivity contribution in [2.24, 2.45) is 4.99 Å². The Morgan fingerprint density at radius 3 is 2.62 bits per heavy atom. The van der Waals surface area contributed by atoms with Crippen LogP contribution < -0.4 is 5.32 Å². The largest absolute Gasteiger partial charge is 0.356 e. The Bertz CT molecular complexity index is 1060. The van der Waals surface area contributed by atoms with E-state index in [9.17, 15) is 0 Å². The summed E-state index contributed by atoms with van der Waals surface area (Å²) in [4.78, 5) is 22.3. The summed E-state index contributed by atoms with van der Waals surface area (Å²) in [5.74, 6) is 2.68. The molecule has 148 valence electrons. The number of fused-ring (bicyclic) bond motifs is 1. The van der Waals surface area contributed by atoms with Gasteiger partial charge in [0.05, 0.1) is 29.5 Å². The molecular formula is C22H25N7. The molecule has 0 amide bonds. The number of para-hydroxylation sites is 2. The molecule has 4 aromatic rings. The van der Waals surface area contributed by atoms with Crippen molar-refractivity contribution in [3.05, 3.63) is 72.4 Å². The highest BCUT2D eigenvalue weighted by Gasteiger charge is 2.10. The number of hydrogen-bond acceptors (Lipinski definition) is 3. The predicted octanol–water partition coefficient (Wildman–Crippen LogP) is 3.20. The van der Waals surface area contributed by atoms with Gasteiger partial charge >= 0.3 is 0 Å². The van der Waals surface area contributed by atoms with Gasteiger partial charge in [0.25, 0.3) is 0 Å². The molecule has 0 atom stereocenters. The summed E-state index contributed by atoms with van der Waals surface area (Å²) in [6.07, 6.45) is 2.66. The van der Waals surface area contributed by atoms with Crippen LogP contribution in [0.3, 0.4) is 0 Å². The number of guanidine groups is 1. The highest BCUT2D eigenvalue weighted by molar-refractivity contribution is 5.79. The normalized spacial score (nSPS) is 11.7. The van der Waals surface area contributed by atoms with E-state index in [2.05, 4.69) is 42.4 Å². The highest BCUT2D eigenvalue weighted by Crippen LogP contribution is 2.16.